The van der Waals surface area contributed by atoms with E-state index in [9.17, 15) is 19.3 Å². The van der Waals surface area contributed by atoms with E-state index in [1.165, 1.54) is 30.3 Å². The quantitative estimate of drug-likeness (QED) is 0.477. The summed E-state index contributed by atoms with van der Waals surface area (Å²) in [6, 6.07) is 7.60. The number of rotatable bonds is 4. The standard InChI is InChI=1S/C13H7BrFNO4/c14-10-3-2-9(16(18)19)6-13(10)20-12-4-1-8(7-17)5-11(12)15/h1-7H. The molecular formula is C13H7BrFNO4. The van der Waals surface area contributed by atoms with E-state index in [2.05, 4.69) is 15.9 Å². The number of carbonyl (C=O) groups excluding carboxylic acids is 1. The first-order valence-corrected chi connectivity index (χ1v) is 6.17. The Labute approximate surface area is 121 Å². The number of nitro groups is 1. The first-order valence-electron chi connectivity index (χ1n) is 5.38. The molecule has 0 unspecified atom stereocenters. The topological polar surface area (TPSA) is 69.4 Å². The number of carbonyl (C=O) groups is 1. The van der Waals surface area contributed by atoms with Crippen LogP contribution in [0.25, 0.3) is 0 Å². The van der Waals surface area contributed by atoms with Crippen molar-refractivity contribution in [3.05, 3.63) is 62.4 Å². The molecule has 0 saturated carbocycles. The van der Waals surface area contributed by atoms with Gasteiger partial charge < -0.3 is 4.74 Å². The van der Waals surface area contributed by atoms with E-state index < -0.39 is 10.7 Å². The molecule has 0 heterocycles. The lowest BCUT2D eigenvalue weighted by molar-refractivity contribution is -0.384. The maximum Gasteiger partial charge on any atom is 0.273 e. The number of nitro benzene ring substituents is 1. The summed E-state index contributed by atoms with van der Waals surface area (Å²) < 4.78 is 19.4. The number of benzene rings is 2. The maximum atomic E-state index is 13.7. The van der Waals surface area contributed by atoms with Crippen molar-refractivity contribution in [2.75, 3.05) is 0 Å². The van der Waals surface area contributed by atoms with Gasteiger partial charge >= 0.3 is 0 Å². The van der Waals surface area contributed by atoms with E-state index in [0.29, 0.717) is 10.8 Å². The van der Waals surface area contributed by atoms with Crippen molar-refractivity contribution in [3.63, 3.8) is 0 Å². The van der Waals surface area contributed by atoms with E-state index >= 15 is 0 Å². The van der Waals surface area contributed by atoms with Gasteiger partial charge in [0.25, 0.3) is 5.69 Å². The summed E-state index contributed by atoms with van der Waals surface area (Å²) >= 11 is 3.16. The van der Waals surface area contributed by atoms with Gasteiger partial charge in [0.2, 0.25) is 0 Å². The van der Waals surface area contributed by atoms with Crippen molar-refractivity contribution < 1.29 is 18.8 Å². The molecule has 5 nitrogen and oxygen atoms in total. The minimum atomic E-state index is -0.729. The summed E-state index contributed by atoms with van der Waals surface area (Å²) in [6.45, 7) is 0. The molecule has 102 valence electrons. The summed E-state index contributed by atoms with van der Waals surface area (Å²) in [4.78, 5) is 20.6. The lowest BCUT2D eigenvalue weighted by Crippen LogP contribution is -1.93. The summed E-state index contributed by atoms with van der Waals surface area (Å²) in [6.07, 6.45) is 0.510. The highest BCUT2D eigenvalue weighted by molar-refractivity contribution is 9.10. The van der Waals surface area contributed by atoms with Crippen LogP contribution in [0.15, 0.2) is 40.9 Å². The second kappa shape index (κ2) is 5.79. The van der Waals surface area contributed by atoms with Crippen molar-refractivity contribution in [3.8, 4) is 11.5 Å². The maximum absolute atomic E-state index is 13.7. The Morgan fingerprint density at radius 2 is 1.95 bits per heavy atom. The van der Waals surface area contributed by atoms with Crippen LogP contribution in [0, 0.1) is 15.9 Å². The van der Waals surface area contributed by atoms with Gasteiger partial charge in [0.1, 0.15) is 12.0 Å². The fourth-order valence-electron chi connectivity index (χ4n) is 1.48. The first-order chi connectivity index (χ1) is 9.51. The summed E-state index contributed by atoms with van der Waals surface area (Å²) in [5, 5.41) is 10.7. The molecule has 0 N–H and O–H groups in total. The van der Waals surface area contributed by atoms with Crippen LogP contribution >= 0.6 is 15.9 Å². The lowest BCUT2D eigenvalue weighted by Gasteiger charge is -2.08. The number of hydrogen-bond donors (Lipinski definition) is 0. The Balaban J connectivity index is 2.36. The third-order valence-electron chi connectivity index (χ3n) is 2.44. The van der Waals surface area contributed by atoms with Gasteiger partial charge in [-0.05, 0) is 40.2 Å². The van der Waals surface area contributed by atoms with Gasteiger partial charge in [-0.25, -0.2) is 4.39 Å². The third kappa shape index (κ3) is 3.00. The largest absolute Gasteiger partial charge is 0.453 e. The number of halogens is 2. The van der Waals surface area contributed by atoms with E-state index in [0.717, 1.165) is 6.07 Å². The molecule has 0 fully saturated rings. The predicted octanol–water partition coefficient (Wildman–Crippen LogP) is 4.10. The molecule has 0 atom stereocenters. The third-order valence-corrected chi connectivity index (χ3v) is 3.09. The van der Waals surface area contributed by atoms with Crippen LogP contribution < -0.4 is 4.74 Å². The van der Waals surface area contributed by atoms with Crippen molar-refractivity contribution in [2.45, 2.75) is 0 Å². The SMILES string of the molecule is O=Cc1ccc(Oc2cc([N+](=O)[O-])ccc2Br)c(F)c1. The molecule has 0 spiro atoms. The number of hydrogen-bond acceptors (Lipinski definition) is 4. The van der Waals surface area contributed by atoms with Gasteiger partial charge in [-0.1, -0.05) is 0 Å². The van der Waals surface area contributed by atoms with Crippen molar-refractivity contribution in [2.24, 2.45) is 0 Å². The van der Waals surface area contributed by atoms with Gasteiger partial charge in [-0.15, -0.1) is 0 Å². The molecule has 0 aliphatic carbocycles. The van der Waals surface area contributed by atoms with Gasteiger partial charge in [-0.2, -0.15) is 0 Å². The second-order valence-electron chi connectivity index (χ2n) is 3.78. The summed E-state index contributed by atoms with van der Waals surface area (Å²) in [5.41, 5.74) is 0.000998. The van der Waals surface area contributed by atoms with Crippen molar-refractivity contribution >= 4 is 27.9 Å². The molecule has 0 radical (unpaired) electrons. The lowest BCUT2D eigenvalue weighted by atomic mass is 10.2. The van der Waals surface area contributed by atoms with Crippen LogP contribution in [0.3, 0.4) is 0 Å². The van der Waals surface area contributed by atoms with Gasteiger partial charge in [0.15, 0.2) is 11.6 Å². The smallest absolute Gasteiger partial charge is 0.273 e. The highest BCUT2D eigenvalue weighted by atomic mass is 79.9. The molecule has 0 amide bonds. The van der Waals surface area contributed by atoms with Crippen LogP contribution in [0.5, 0.6) is 11.5 Å². The number of ether oxygens (including phenoxy) is 1. The average Bonchev–Trinajstić information content (AvgIpc) is 2.42. The van der Waals surface area contributed by atoms with E-state index in [-0.39, 0.29) is 22.7 Å². The molecule has 0 aliphatic heterocycles. The molecule has 2 aromatic carbocycles. The molecule has 0 saturated heterocycles. The van der Waals surface area contributed by atoms with Crippen LogP contribution in [0.2, 0.25) is 0 Å². The van der Waals surface area contributed by atoms with Gasteiger partial charge in [0.05, 0.1) is 15.5 Å². The van der Waals surface area contributed by atoms with E-state index in [4.69, 9.17) is 4.74 Å². The molecule has 2 aromatic rings. The minimum absolute atomic E-state index is 0.108. The number of nitrogens with zero attached hydrogens (tertiary/aromatic N) is 1. The fraction of sp³-hybridized carbons (Fsp3) is 0. The molecule has 0 bridgehead atoms. The molecule has 0 aromatic heterocycles. The Bertz CT molecular complexity index is 690. The van der Waals surface area contributed by atoms with Crippen molar-refractivity contribution in [1.29, 1.82) is 0 Å². The normalized spacial score (nSPS) is 10.1. The highest BCUT2D eigenvalue weighted by Gasteiger charge is 2.13. The summed E-state index contributed by atoms with van der Waals surface area (Å²) in [5.74, 6) is -0.748. The van der Waals surface area contributed by atoms with E-state index in [1.807, 2.05) is 0 Å². The number of aldehydes is 1. The fourth-order valence-corrected chi connectivity index (χ4v) is 1.80. The van der Waals surface area contributed by atoms with Gasteiger partial charge in [-0.3, -0.25) is 14.9 Å². The van der Waals surface area contributed by atoms with Crippen LogP contribution in [0.4, 0.5) is 10.1 Å². The zero-order chi connectivity index (χ0) is 14.7. The Kier molecular flexibility index (Phi) is 4.09. The molecule has 20 heavy (non-hydrogen) atoms. The van der Waals surface area contributed by atoms with Crippen molar-refractivity contribution in [1.82, 2.24) is 0 Å². The molecular weight excluding hydrogens is 333 g/mol. The Hall–Kier alpha value is -2.28. The second-order valence-corrected chi connectivity index (χ2v) is 4.64. The molecule has 7 heteroatoms. The number of non-ortho nitro benzene ring substituents is 1. The highest BCUT2D eigenvalue weighted by Crippen LogP contribution is 2.34. The first kappa shape index (κ1) is 14.1. The molecule has 2 rings (SSSR count). The zero-order valence-corrected chi connectivity index (χ0v) is 11.5. The van der Waals surface area contributed by atoms with E-state index in [1.54, 1.807) is 0 Å². The predicted molar refractivity (Wildman–Crippen MR) is 72.7 cm³/mol. The monoisotopic (exact) mass is 339 g/mol. The minimum Gasteiger partial charge on any atom is -0.453 e. The Morgan fingerprint density at radius 3 is 2.55 bits per heavy atom. The Morgan fingerprint density at radius 1 is 1.20 bits per heavy atom. The van der Waals surface area contributed by atoms with Gasteiger partial charge in [0, 0.05) is 11.6 Å². The van der Waals surface area contributed by atoms with Crippen LogP contribution in [0.1, 0.15) is 10.4 Å². The zero-order valence-electron chi connectivity index (χ0n) is 9.88. The molecule has 0 aliphatic rings. The van der Waals surface area contributed by atoms with Crippen LogP contribution in [-0.2, 0) is 0 Å². The average molecular weight is 340 g/mol. The summed E-state index contributed by atoms with van der Waals surface area (Å²) in [7, 11) is 0. The van der Waals surface area contributed by atoms with Crippen LogP contribution in [-0.4, -0.2) is 11.2 Å².